The van der Waals surface area contributed by atoms with Crippen molar-refractivity contribution in [1.29, 1.82) is 0 Å². The first-order chi connectivity index (χ1) is 6.26. The van der Waals surface area contributed by atoms with E-state index in [0.29, 0.717) is 11.5 Å². The molecular weight excluding hydrogens is 172 g/mol. The minimum Gasteiger partial charge on any atom is -0.497 e. The van der Waals surface area contributed by atoms with Crippen LogP contribution in [-0.4, -0.2) is 30.2 Å². The van der Waals surface area contributed by atoms with Crippen molar-refractivity contribution in [2.24, 2.45) is 0 Å². The minimum atomic E-state index is -1.19. The molecule has 2 N–H and O–H groups in total. The Morgan fingerprint density at radius 2 is 2.08 bits per heavy atom. The van der Waals surface area contributed by atoms with E-state index in [0.717, 1.165) is 0 Å². The lowest BCUT2D eigenvalue weighted by atomic mass is 10.3. The Hall–Kier alpha value is -1.26. The van der Waals surface area contributed by atoms with Crippen LogP contribution in [-0.2, 0) is 0 Å². The van der Waals surface area contributed by atoms with E-state index in [2.05, 4.69) is 0 Å². The van der Waals surface area contributed by atoms with Gasteiger partial charge in [0, 0.05) is 6.07 Å². The van der Waals surface area contributed by atoms with Crippen molar-refractivity contribution >= 4 is 0 Å². The van der Waals surface area contributed by atoms with Gasteiger partial charge in [-0.1, -0.05) is 6.07 Å². The number of ether oxygens (including phenoxy) is 2. The summed E-state index contributed by atoms with van der Waals surface area (Å²) in [5.41, 5.74) is 0. The Morgan fingerprint density at radius 1 is 1.38 bits per heavy atom. The van der Waals surface area contributed by atoms with E-state index in [1.54, 1.807) is 31.4 Å². The van der Waals surface area contributed by atoms with Gasteiger partial charge in [-0.3, -0.25) is 0 Å². The van der Waals surface area contributed by atoms with Crippen molar-refractivity contribution in [3.05, 3.63) is 24.3 Å². The highest BCUT2D eigenvalue weighted by atomic mass is 16.6. The standard InChI is InChI=1S/C9H12O4/c1-12-7-3-2-4-8(5-7)13-9(11)6-10/h2-5,9-11H,6H2,1H3. The van der Waals surface area contributed by atoms with Crippen molar-refractivity contribution in [1.82, 2.24) is 0 Å². The SMILES string of the molecule is COc1cccc(OC(O)CO)c1. The Labute approximate surface area is 76.3 Å². The van der Waals surface area contributed by atoms with Crippen LogP contribution in [0.1, 0.15) is 0 Å². The van der Waals surface area contributed by atoms with Gasteiger partial charge in [-0.15, -0.1) is 0 Å². The highest BCUT2D eigenvalue weighted by Gasteiger charge is 2.03. The van der Waals surface area contributed by atoms with Crippen LogP contribution in [0.3, 0.4) is 0 Å². The van der Waals surface area contributed by atoms with Gasteiger partial charge in [-0.05, 0) is 12.1 Å². The maximum Gasteiger partial charge on any atom is 0.220 e. The van der Waals surface area contributed by atoms with Gasteiger partial charge in [0.05, 0.1) is 7.11 Å². The van der Waals surface area contributed by atoms with Crippen LogP contribution in [0.4, 0.5) is 0 Å². The molecule has 0 fully saturated rings. The Balaban J connectivity index is 2.66. The zero-order chi connectivity index (χ0) is 9.68. The summed E-state index contributed by atoms with van der Waals surface area (Å²) in [6, 6.07) is 6.79. The second-order valence-electron chi connectivity index (χ2n) is 2.43. The molecule has 0 aromatic heterocycles. The molecule has 0 saturated heterocycles. The minimum absolute atomic E-state index is 0.433. The van der Waals surface area contributed by atoms with E-state index >= 15 is 0 Å². The fraction of sp³-hybridized carbons (Fsp3) is 0.333. The van der Waals surface area contributed by atoms with Crippen molar-refractivity contribution < 1.29 is 19.7 Å². The van der Waals surface area contributed by atoms with E-state index < -0.39 is 12.9 Å². The van der Waals surface area contributed by atoms with Gasteiger partial charge in [0.2, 0.25) is 6.29 Å². The molecule has 0 aliphatic carbocycles. The second kappa shape index (κ2) is 4.69. The molecule has 0 heterocycles. The first-order valence-electron chi connectivity index (χ1n) is 3.86. The number of aliphatic hydroxyl groups excluding tert-OH is 2. The zero-order valence-electron chi connectivity index (χ0n) is 7.30. The van der Waals surface area contributed by atoms with Gasteiger partial charge in [-0.2, -0.15) is 0 Å². The monoisotopic (exact) mass is 184 g/mol. The Morgan fingerprint density at radius 3 is 2.69 bits per heavy atom. The molecule has 72 valence electrons. The smallest absolute Gasteiger partial charge is 0.220 e. The van der Waals surface area contributed by atoms with Crippen molar-refractivity contribution in [3.63, 3.8) is 0 Å². The van der Waals surface area contributed by atoms with Gasteiger partial charge in [0.1, 0.15) is 18.1 Å². The second-order valence-corrected chi connectivity index (χ2v) is 2.43. The fourth-order valence-corrected chi connectivity index (χ4v) is 0.869. The van der Waals surface area contributed by atoms with Gasteiger partial charge in [0.15, 0.2) is 0 Å². The summed E-state index contributed by atoms with van der Waals surface area (Å²) < 4.78 is 9.88. The number of methoxy groups -OCH3 is 1. The maximum atomic E-state index is 8.96. The maximum absolute atomic E-state index is 8.96. The molecule has 1 unspecified atom stereocenters. The normalized spacial score (nSPS) is 12.2. The molecule has 4 nitrogen and oxygen atoms in total. The van der Waals surface area contributed by atoms with Crippen molar-refractivity contribution in [2.75, 3.05) is 13.7 Å². The van der Waals surface area contributed by atoms with Crippen LogP contribution >= 0.6 is 0 Å². The number of hydrogen-bond donors (Lipinski definition) is 2. The summed E-state index contributed by atoms with van der Waals surface area (Å²) in [7, 11) is 1.54. The first kappa shape index (κ1) is 9.83. The number of hydrogen-bond acceptors (Lipinski definition) is 4. The molecule has 1 rings (SSSR count). The number of benzene rings is 1. The van der Waals surface area contributed by atoms with Crippen LogP contribution in [0.5, 0.6) is 11.5 Å². The largest absolute Gasteiger partial charge is 0.497 e. The van der Waals surface area contributed by atoms with Crippen LogP contribution in [0.2, 0.25) is 0 Å². The molecule has 0 radical (unpaired) electrons. The van der Waals surface area contributed by atoms with E-state index in [-0.39, 0.29) is 0 Å². The molecule has 0 amide bonds. The van der Waals surface area contributed by atoms with Crippen LogP contribution in [0, 0.1) is 0 Å². The third kappa shape index (κ3) is 2.93. The molecule has 4 heteroatoms. The average Bonchev–Trinajstić information content (AvgIpc) is 2.18. The number of aliphatic hydroxyl groups is 2. The van der Waals surface area contributed by atoms with Gasteiger partial charge in [0.25, 0.3) is 0 Å². The molecule has 13 heavy (non-hydrogen) atoms. The van der Waals surface area contributed by atoms with Crippen LogP contribution in [0.25, 0.3) is 0 Å². The molecule has 1 atom stereocenters. The van der Waals surface area contributed by atoms with Crippen molar-refractivity contribution in [2.45, 2.75) is 6.29 Å². The molecule has 0 aliphatic rings. The molecule has 1 aromatic carbocycles. The highest BCUT2D eigenvalue weighted by molar-refractivity contribution is 5.32. The quantitative estimate of drug-likeness (QED) is 0.664. The molecule has 0 aliphatic heterocycles. The van der Waals surface area contributed by atoms with Gasteiger partial charge in [-0.25, -0.2) is 0 Å². The summed E-state index contributed by atoms with van der Waals surface area (Å²) in [4.78, 5) is 0. The summed E-state index contributed by atoms with van der Waals surface area (Å²) in [5.74, 6) is 1.10. The van der Waals surface area contributed by atoms with Gasteiger partial charge >= 0.3 is 0 Å². The predicted octanol–water partition coefficient (Wildman–Crippen LogP) is 0.385. The first-order valence-corrected chi connectivity index (χ1v) is 3.86. The number of rotatable bonds is 4. The molecule has 0 spiro atoms. The summed E-state index contributed by atoms with van der Waals surface area (Å²) >= 11 is 0. The Kier molecular flexibility index (Phi) is 3.54. The fourth-order valence-electron chi connectivity index (χ4n) is 0.869. The molecule has 1 aromatic rings. The molecular formula is C9H12O4. The van der Waals surface area contributed by atoms with Crippen LogP contribution in [0.15, 0.2) is 24.3 Å². The predicted molar refractivity (Wildman–Crippen MR) is 46.7 cm³/mol. The van der Waals surface area contributed by atoms with E-state index in [1.807, 2.05) is 0 Å². The van der Waals surface area contributed by atoms with E-state index in [9.17, 15) is 0 Å². The third-order valence-electron chi connectivity index (χ3n) is 1.47. The molecule has 0 saturated carbocycles. The zero-order valence-corrected chi connectivity index (χ0v) is 7.30. The topological polar surface area (TPSA) is 58.9 Å². The Bertz CT molecular complexity index is 262. The average molecular weight is 184 g/mol. The molecule has 0 bridgehead atoms. The van der Waals surface area contributed by atoms with Crippen LogP contribution < -0.4 is 9.47 Å². The lowest BCUT2D eigenvalue weighted by molar-refractivity contribution is -0.0549. The third-order valence-corrected chi connectivity index (χ3v) is 1.47. The summed E-state index contributed by atoms with van der Waals surface area (Å²) in [6.45, 7) is -0.433. The van der Waals surface area contributed by atoms with Crippen molar-refractivity contribution in [3.8, 4) is 11.5 Å². The summed E-state index contributed by atoms with van der Waals surface area (Å²) in [6.07, 6.45) is -1.19. The lowest BCUT2D eigenvalue weighted by Gasteiger charge is -2.11. The highest BCUT2D eigenvalue weighted by Crippen LogP contribution is 2.19. The van der Waals surface area contributed by atoms with Gasteiger partial charge < -0.3 is 19.7 Å². The summed E-state index contributed by atoms with van der Waals surface area (Å²) in [5, 5.41) is 17.5. The van der Waals surface area contributed by atoms with E-state index in [4.69, 9.17) is 19.7 Å². The lowest BCUT2D eigenvalue weighted by Crippen LogP contribution is -2.19. The van der Waals surface area contributed by atoms with E-state index in [1.165, 1.54) is 0 Å².